The van der Waals surface area contributed by atoms with Crippen LogP contribution < -0.4 is 5.43 Å². The summed E-state index contributed by atoms with van der Waals surface area (Å²) in [7, 11) is 0. The third kappa shape index (κ3) is 2.12. The van der Waals surface area contributed by atoms with Gasteiger partial charge < -0.3 is 4.98 Å². The first-order valence-electron chi connectivity index (χ1n) is 3.30. The van der Waals surface area contributed by atoms with Crippen molar-refractivity contribution in [3.8, 4) is 0 Å². The average Bonchev–Trinajstić information content (AvgIpc) is 2.01. The van der Waals surface area contributed by atoms with Crippen molar-refractivity contribution in [2.24, 2.45) is 0 Å². The van der Waals surface area contributed by atoms with Crippen LogP contribution in [-0.4, -0.2) is 4.98 Å². The van der Waals surface area contributed by atoms with Crippen molar-refractivity contribution in [3.63, 3.8) is 0 Å². The first-order valence-corrected chi connectivity index (χ1v) is 4.42. The maximum atomic E-state index is 12.3. The van der Waals surface area contributed by atoms with Crippen LogP contribution in [-0.2, 0) is 11.5 Å². The maximum absolute atomic E-state index is 12.3. The number of hydrogen-bond acceptors (Lipinski definition) is 1. The Morgan fingerprint density at radius 3 is 2.46 bits per heavy atom. The molecule has 0 aliphatic heterocycles. The highest BCUT2D eigenvalue weighted by atomic mass is 79.9. The first-order chi connectivity index (χ1) is 5.96. The molecule has 0 fully saturated rings. The Morgan fingerprint density at radius 2 is 2.08 bits per heavy atom. The largest absolute Gasteiger partial charge is 0.421 e. The molecule has 0 aromatic carbocycles. The van der Waals surface area contributed by atoms with Crippen LogP contribution in [0.15, 0.2) is 17.1 Å². The fraction of sp³-hybridized carbons (Fsp3) is 0.286. The van der Waals surface area contributed by atoms with Gasteiger partial charge in [-0.1, -0.05) is 15.9 Å². The SMILES string of the molecule is O=c1cc[nH]c(CBr)c1C(F)(F)F. The molecule has 0 atom stereocenters. The van der Waals surface area contributed by atoms with Crippen molar-refractivity contribution in [1.82, 2.24) is 4.98 Å². The summed E-state index contributed by atoms with van der Waals surface area (Å²) in [6.07, 6.45) is -3.41. The summed E-state index contributed by atoms with van der Waals surface area (Å²) in [4.78, 5) is 13.3. The average molecular weight is 256 g/mol. The van der Waals surface area contributed by atoms with E-state index < -0.39 is 17.2 Å². The van der Waals surface area contributed by atoms with E-state index in [1.807, 2.05) is 0 Å². The molecule has 1 heterocycles. The lowest BCUT2D eigenvalue weighted by atomic mass is 10.2. The van der Waals surface area contributed by atoms with Crippen LogP contribution in [0, 0.1) is 0 Å². The number of rotatable bonds is 1. The Bertz CT molecular complexity index is 357. The van der Waals surface area contributed by atoms with E-state index in [1.165, 1.54) is 6.20 Å². The number of pyridine rings is 1. The molecule has 0 amide bonds. The van der Waals surface area contributed by atoms with Gasteiger partial charge in [0.05, 0.1) is 0 Å². The molecule has 13 heavy (non-hydrogen) atoms. The van der Waals surface area contributed by atoms with Crippen LogP contribution in [0.25, 0.3) is 0 Å². The third-order valence-electron chi connectivity index (χ3n) is 1.46. The number of halogens is 4. The number of aromatic amines is 1. The van der Waals surface area contributed by atoms with Crippen molar-refractivity contribution in [2.45, 2.75) is 11.5 Å². The molecular weight excluding hydrogens is 251 g/mol. The van der Waals surface area contributed by atoms with Crippen LogP contribution in [0.1, 0.15) is 11.3 Å². The van der Waals surface area contributed by atoms with Gasteiger partial charge in [0.1, 0.15) is 5.56 Å². The molecule has 0 radical (unpaired) electrons. The van der Waals surface area contributed by atoms with Gasteiger partial charge in [-0.2, -0.15) is 13.2 Å². The van der Waals surface area contributed by atoms with Crippen LogP contribution >= 0.6 is 15.9 Å². The van der Waals surface area contributed by atoms with Crippen molar-refractivity contribution in [2.75, 3.05) is 0 Å². The second-order valence-electron chi connectivity index (χ2n) is 2.33. The Labute approximate surface area is 79.9 Å². The zero-order valence-corrected chi connectivity index (χ0v) is 7.87. The Hall–Kier alpha value is -0.780. The van der Waals surface area contributed by atoms with E-state index in [2.05, 4.69) is 20.9 Å². The van der Waals surface area contributed by atoms with Gasteiger partial charge in [0.25, 0.3) is 0 Å². The molecule has 72 valence electrons. The maximum Gasteiger partial charge on any atom is 0.421 e. The van der Waals surface area contributed by atoms with Crippen molar-refractivity contribution < 1.29 is 13.2 Å². The lowest BCUT2D eigenvalue weighted by Crippen LogP contribution is -2.21. The third-order valence-corrected chi connectivity index (χ3v) is 2.02. The van der Waals surface area contributed by atoms with Gasteiger partial charge in [-0.05, 0) is 0 Å². The monoisotopic (exact) mass is 255 g/mol. The molecule has 2 nitrogen and oxygen atoms in total. The number of nitrogens with one attached hydrogen (secondary N) is 1. The van der Waals surface area contributed by atoms with Gasteiger partial charge in [0.2, 0.25) is 0 Å². The quantitative estimate of drug-likeness (QED) is 0.768. The topological polar surface area (TPSA) is 32.9 Å². The zero-order chi connectivity index (χ0) is 10.1. The van der Waals surface area contributed by atoms with Crippen LogP contribution in [0.4, 0.5) is 13.2 Å². The van der Waals surface area contributed by atoms with Crippen LogP contribution in [0.3, 0.4) is 0 Å². The highest BCUT2D eigenvalue weighted by Gasteiger charge is 2.36. The zero-order valence-electron chi connectivity index (χ0n) is 6.28. The minimum absolute atomic E-state index is 0.0298. The smallest absolute Gasteiger partial charge is 0.364 e. The Kier molecular flexibility index (Phi) is 2.80. The highest BCUT2D eigenvalue weighted by Crippen LogP contribution is 2.29. The van der Waals surface area contributed by atoms with E-state index >= 15 is 0 Å². The molecule has 0 aliphatic carbocycles. The Morgan fingerprint density at radius 1 is 1.46 bits per heavy atom. The van der Waals surface area contributed by atoms with Crippen molar-refractivity contribution >= 4 is 15.9 Å². The molecule has 0 bridgehead atoms. The number of H-pyrrole nitrogens is 1. The molecule has 1 aromatic heterocycles. The van der Waals surface area contributed by atoms with Crippen LogP contribution in [0.2, 0.25) is 0 Å². The summed E-state index contributed by atoms with van der Waals surface area (Å²) in [6, 6.07) is 0.856. The second-order valence-corrected chi connectivity index (χ2v) is 2.89. The fourth-order valence-corrected chi connectivity index (χ4v) is 1.38. The molecule has 1 aromatic rings. The van der Waals surface area contributed by atoms with Gasteiger partial charge in [0, 0.05) is 23.3 Å². The number of alkyl halides is 4. The van der Waals surface area contributed by atoms with Gasteiger partial charge in [-0.25, -0.2) is 0 Å². The van der Waals surface area contributed by atoms with E-state index in [4.69, 9.17) is 0 Å². The summed E-state index contributed by atoms with van der Waals surface area (Å²) in [5.41, 5.74) is -2.30. The Balaban J connectivity index is 3.41. The summed E-state index contributed by atoms with van der Waals surface area (Å²) in [6.45, 7) is 0. The second kappa shape index (κ2) is 3.53. The lowest BCUT2D eigenvalue weighted by Gasteiger charge is -2.08. The minimum atomic E-state index is -4.60. The minimum Gasteiger partial charge on any atom is -0.364 e. The molecule has 0 spiro atoms. The normalized spacial score (nSPS) is 11.7. The number of aromatic nitrogens is 1. The van der Waals surface area contributed by atoms with E-state index in [-0.39, 0.29) is 11.0 Å². The van der Waals surface area contributed by atoms with E-state index in [9.17, 15) is 18.0 Å². The van der Waals surface area contributed by atoms with E-state index in [0.29, 0.717) is 0 Å². The molecule has 0 saturated carbocycles. The molecule has 6 heteroatoms. The van der Waals surface area contributed by atoms with E-state index in [0.717, 1.165) is 6.07 Å². The predicted molar refractivity (Wildman–Crippen MR) is 44.7 cm³/mol. The molecule has 0 aliphatic rings. The molecule has 0 unspecified atom stereocenters. The van der Waals surface area contributed by atoms with Gasteiger partial charge >= 0.3 is 6.18 Å². The molecule has 1 rings (SSSR count). The fourth-order valence-electron chi connectivity index (χ4n) is 0.938. The molecule has 1 N–H and O–H groups in total. The standard InChI is InChI=1S/C7H5BrF3NO/c8-3-4-6(7(9,10)11)5(13)1-2-12-4/h1-2H,3H2,(H,12,13). The highest BCUT2D eigenvalue weighted by molar-refractivity contribution is 9.08. The summed E-state index contributed by atoms with van der Waals surface area (Å²) in [5, 5.41) is -0.0298. The van der Waals surface area contributed by atoms with Gasteiger partial charge in [0.15, 0.2) is 5.43 Å². The van der Waals surface area contributed by atoms with Gasteiger partial charge in [-0.15, -0.1) is 0 Å². The predicted octanol–water partition coefficient (Wildman–Crippen LogP) is 2.29. The van der Waals surface area contributed by atoms with Crippen LogP contribution in [0.5, 0.6) is 0 Å². The van der Waals surface area contributed by atoms with Crippen molar-refractivity contribution in [1.29, 1.82) is 0 Å². The molecular formula is C7H5BrF3NO. The van der Waals surface area contributed by atoms with E-state index in [1.54, 1.807) is 0 Å². The molecule has 0 saturated heterocycles. The van der Waals surface area contributed by atoms with Gasteiger partial charge in [-0.3, -0.25) is 4.79 Å². The number of hydrogen-bond donors (Lipinski definition) is 1. The summed E-state index contributed by atoms with van der Waals surface area (Å²) in [5.74, 6) is 0. The lowest BCUT2D eigenvalue weighted by molar-refractivity contribution is -0.139. The van der Waals surface area contributed by atoms with Crippen molar-refractivity contribution in [3.05, 3.63) is 33.7 Å². The first kappa shape index (κ1) is 10.3. The summed E-state index contributed by atoms with van der Waals surface area (Å²) >= 11 is 2.86. The summed E-state index contributed by atoms with van der Waals surface area (Å²) < 4.78 is 36.8.